The van der Waals surface area contributed by atoms with Crippen LogP contribution < -0.4 is 0 Å². The second kappa shape index (κ2) is 3.86. The number of aryl methyl sites for hydroxylation is 1. The van der Waals surface area contributed by atoms with Crippen LogP contribution in [0.1, 0.15) is 11.1 Å². The molecule has 0 spiro atoms. The number of benzene rings is 1. The van der Waals surface area contributed by atoms with Gasteiger partial charge in [-0.15, -0.1) is 20.7 Å². The highest BCUT2D eigenvalue weighted by molar-refractivity contribution is 14.2. The SMILES string of the molecule is C=ICc1cccc(C)c1. The minimum atomic E-state index is 0.166. The molecule has 0 radical (unpaired) electrons. The van der Waals surface area contributed by atoms with Crippen molar-refractivity contribution >= 4 is 25.2 Å². The third kappa shape index (κ3) is 2.21. The number of halogens is 1. The number of rotatable bonds is 2. The standard InChI is InChI=1S/C9H11I/c1-8-4-3-5-9(6-8)7-10-2/h3-6H,2,7H2,1H3. The molecule has 0 bridgehead atoms. The molecule has 0 aliphatic carbocycles. The predicted octanol–water partition coefficient (Wildman–Crippen LogP) is 2.90. The average Bonchev–Trinajstić information content (AvgIpc) is 1.88. The van der Waals surface area contributed by atoms with Crippen LogP contribution >= 0.6 is 20.7 Å². The molecule has 1 aromatic carbocycles. The Hall–Kier alpha value is -0.180. The summed E-state index contributed by atoms with van der Waals surface area (Å²) in [6.45, 7) is 2.13. The zero-order chi connectivity index (χ0) is 7.40. The molecular weight excluding hydrogens is 235 g/mol. The van der Waals surface area contributed by atoms with Gasteiger partial charge in [0.15, 0.2) is 0 Å². The van der Waals surface area contributed by atoms with Crippen LogP contribution in [0.2, 0.25) is 0 Å². The van der Waals surface area contributed by atoms with Gasteiger partial charge in [0.2, 0.25) is 0 Å². The van der Waals surface area contributed by atoms with Crippen molar-refractivity contribution in [1.82, 2.24) is 0 Å². The van der Waals surface area contributed by atoms with Gasteiger partial charge in [-0.1, -0.05) is 34.3 Å². The van der Waals surface area contributed by atoms with E-state index in [2.05, 4.69) is 35.7 Å². The molecule has 0 unspecified atom stereocenters. The van der Waals surface area contributed by atoms with Gasteiger partial charge in [-0.25, -0.2) is 0 Å². The molecule has 0 atom stereocenters. The second-order valence-corrected chi connectivity index (χ2v) is 4.15. The minimum Gasteiger partial charge on any atom is -0.126 e. The van der Waals surface area contributed by atoms with Gasteiger partial charge in [0.05, 0.1) is 0 Å². The lowest BCUT2D eigenvalue weighted by atomic mass is 10.2. The first-order valence-corrected chi connectivity index (χ1v) is 6.26. The summed E-state index contributed by atoms with van der Waals surface area (Å²) >= 11 is 0.166. The van der Waals surface area contributed by atoms with Crippen molar-refractivity contribution in [3.05, 3.63) is 35.4 Å². The molecule has 0 aliphatic heterocycles. The quantitative estimate of drug-likeness (QED) is 0.556. The smallest absolute Gasteiger partial charge is 0.0194 e. The molecule has 0 amide bonds. The van der Waals surface area contributed by atoms with Crippen molar-refractivity contribution in [2.75, 3.05) is 0 Å². The third-order valence-electron chi connectivity index (χ3n) is 1.33. The molecule has 0 saturated heterocycles. The molecule has 0 heterocycles. The fraction of sp³-hybridized carbons (Fsp3) is 0.222. The summed E-state index contributed by atoms with van der Waals surface area (Å²) in [5.74, 6) is 0. The number of hydrogen-bond donors (Lipinski definition) is 0. The lowest BCUT2D eigenvalue weighted by Crippen LogP contribution is -1.77. The van der Waals surface area contributed by atoms with Crippen LogP contribution in [-0.4, -0.2) is 4.51 Å². The van der Waals surface area contributed by atoms with Gasteiger partial charge in [0.1, 0.15) is 0 Å². The van der Waals surface area contributed by atoms with Crippen molar-refractivity contribution in [3.63, 3.8) is 0 Å². The van der Waals surface area contributed by atoms with Gasteiger partial charge in [-0.2, -0.15) is 0 Å². The summed E-state index contributed by atoms with van der Waals surface area (Å²) in [6.07, 6.45) is 0. The Morgan fingerprint density at radius 1 is 1.50 bits per heavy atom. The van der Waals surface area contributed by atoms with E-state index in [9.17, 15) is 0 Å². The van der Waals surface area contributed by atoms with Crippen molar-refractivity contribution in [1.29, 1.82) is 0 Å². The summed E-state index contributed by atoms with van der Waals surface area (Å²) in [5.41, 5.74) is 2.80. The third-order valence-corrected chi connectivity index (χ3v) is 2.75. The van der Waals surface area contributed by atoms with E-state index >= 15 is 0 Å². The lowest BCUT2D eigenvalue weighted by molar-refractivity contribution is 1.38. The van der Waals surface area contributed by atoms with Gasteiger partial charge in [-0.05, 0) is 12.5 Å². The van der Waals surface area contributed by atoms with E-state index < -0.39 is 0 Å². The first kappa shape index (κ1) is 7.92. The average molecular weight is 246 g/mol. The second-order valence-electron chi connectivity index (χ2n) is 2.31. The van der Waals surface area contributed by atoms with Crippen LogP contribution in [0.15, 0.2) is 24.3 Å². The summed E-state index contributed by atoms with van der Waals surface area (Å²) in [7, 11) is 0. The fourth-order valence-corrected chi connectivity index (χ4v) is 2.00. The summed E-state index contributed by atoms with van der Waals surface area (Å²) < 4.78 is 5.13. The van der Waals surface area contributed by atoms with E-state index in [1.54, 1.807) is 0 Å². The largest absolute Gasteiger partial charge is 0.126 e. The van der Waals surface area contributed by atoms with E-state index in [1.165, 1.54) is 15.6 Å². The van der Waals surface area contributed by atoms with E-state index in [0.29, 0.717) is 0 Å². The molecule has 0 aromatic heterocycles. The van der Waals surface area contributed by atoms with E-state index in [4.69, 9.17) is 0 Å². The van der Waals surface area contributed by atoms with E-state index in [1.807, 2.05) is 0 Å². The zero-order valence-corrected chi connectivity index (χ0v) is 8.26. The summed E-state index contributed by atoms with van der Waals surface area (Å²) in [6, 6.07) is 8.66. The summed E-state index contributed by atoms with van der Waals surface area (Å²) in [4.78, 5) is 0. The number of hydrogen-bond acceptors (Lipinski definition) is 0. The van der Waals surface area contributed by atoms with Crippen molar-refractivity contribution in [2.24, 2.45) is 0 Å². The van der Waals surface area contributed by atoms with Crippen LogP contribution in [0.4, 0.5) is 0 Å². The Morgan fingerprint density at radius 2 is 2.30 bits per heavy atom. The molecular formula is C9H11I. The normalized spacial score (nSPS) is 9.70. The van der Waals surface area contributed by atoms with Gasteiger partial charge in [-0.3, -0.25) is 0 Å². The fourth-order valence-electron chi connectivity index (χ4n) is 0.904. The zero-order valence-electron chi connectivity index (χ0n) is 6.10. The minimum absolute atomic E-state index is 0.166. The molecule has 0 N–H and O–H groups in total. The van der Waals surface area contributed by atoms with Crippen LogP contribution in [0.3, 0.4) is 0 Å². The maximum absolute atomic E-state index is 3.92. The Kier molecular flexibility index (Phi) is 3.06. The maximum Gasteiger partial charge on any atom is 0.0194 e. The Balaban J connectivity index is 2.84. The molecule has 0 fully saturated rings. The van der Waals surface area contributed by atoms with Gasteiger partial charge in [0.25, 0.3) is 0 Å². The van der Waals surface area contributed by atoms with Crippen molar-refractivity contribution in [3.8, 4) is 0 Å². The molecule has 0 saturated carbocycles. The number of alkyl halides is 1. The highest BCUT2D eigenvalue weighted by atomic mass is 127. The first-order valence-electron chi connectivity index (χ1n) is 3.21. The van der Waals surface area contributed by atoms with Gasteiger partial charge in [0, 0.05) is 4.43 Å². The van der Waals surface area contributed by atoms with Crippen LogP contribution in [0.25, 0.3) is 0 Å². The molecule has 0 nitrogen and oxygen atoms in total. The van der Waals surface area contributed by atoms with Gasteiger partial charge >= 0.3 is 0 Å². The highest BCUT2D eigenvalue weighted by Gasteiger charge is 1.87. The van der Waals surface area contributed by atoms with Crippen LogP contribution in [-0.2, 0) is 4.43 Å². The van der Waals surface area contributed by atoms with Crippen molar-refractivity contribution in [2.45, 2.75) is 11.4 Å². The van der Waals surface area contributed by atoms with Crippen LogP contribution in [0, 0.1) is 6.92 Å². The molecule has 0 aliphatic rings. The van der Waals surface area contributed by atoms with Crippen molar-refractivity contribution < 1.29 is 0 Å². The first-order chi connectivity index (χ1) is 4.83. The Bertz CT molecular complexity index is 228. The Morgan fingerprint density at radius 3 is 2.90 bits per heavy atom. The topological polar surface area (TPSA) is 0 Å². The molecule has 1 aromatic rings. The Labute approximate surface area is 72.0 Å². The predicted molar refractivity (Wildman–Crippen MR) is 56.0 cm³/mol. The van der Waals surface area contributed by atoms with E-state index in [-0.39, 0.29) is 20.7 Å². The summed E-state index contributed by atoms with van der Waals surface area (Å²) in [5, 5.41) is 0. The molecule has 1 rings (SSSR count). The lowest BCUT2D eigenvalue weighted by Gasteiger charge is -1.95. The monoisotopic (exact) mass is 246 g/mol. The van der Waals surface area contributed by atoms with E-state index in [0.717, 1.165) is 0 Å². The maximum atomic E-state index is 3.92. The molecule has 1 heteroatoms. The van der Waals surface area contributed by atoms with Gasteiger partial charge < -0.3 is 0 Å². The highest BCUT2D eigenvalue weighted by Crippen LogP contribution is 2.10. The molecule has 10 heavy (non-hydrogen) atoms. The van der Waals surface area contributed by atoms with Crippen LogP contribution in [0.5, 0.6) is 0 Å². The molecule has 54 valence electrons.